The lowest BCUT2D eigenvalue weighted by atomic mass is 9.52. The van der Waals surface area contributed by atoms with Crippen LogP contribution in [0.15, 0.2) is 30.3 Å². The molecule has 4 heteroatoms. The molecule has 2 nitrogen and oxygen atoms in total. The number of nitrogens with zero attached hydrogens (tertiary/aromatic N) is 2. The van der Waals surface area contributed by atoms with E-state index in [0.29, 0.717) is 5.54 Å². The Kier molecular flexibility index (Phi) is 6.05. The van der Waals surface area contributed by atoms with Gasteiger partial charge >= 0.3 is 0 Å². The van der Waals surface area contributed by atoms with Crippen molar-refractivity contribution in [2.75, 3.05) is 26.2 Å². The van der Waals surface area contributed by atoms with Gasteiger partial charge in [0.25, 0.3) is 0 Å². The number of rotatable bonds is 3. The molecule has 4 aliphatic carbocycles. The summed E-state index contributed by atoms with van der Waals surface area (Å²) in [6.45, 7) is 6.26. The Morgan fingerprint density at radius 3 is 1.80 bits per heavy atom. The van der Waals surface area contributed by atoms with E-state index in [9.17, 15) is 0 Å². The van der Waals surface area contributed by atoms with Crippen LogP contribution in [0.1, 0.15) is 44.1 Å². The van der Waals surface area contributed by atoms with Crippen LogP contribution in [0.25, 0.3) is 0 Å². The monoisotopic (exact) mass is 382 g/mol. The fraction of sp³-hybridized carbons (Fsp3) is 0.714. The van der Waals surface area contributed by atoms with Crippen LogP contribution in [-0.2, 0) is 6.54 Å². The van der Waals surface area contributed by atoms with Crippen LogP contribution in [-0.4, -0.2) is 41.5 Å². The fourth-order valence-electron chi connectivity index (χ4n) is 6.67. The van der Waals surface area contributed by atoms with E-state index in [1.807, 2.05) is 0 Å². The zero-order valence-corrected chi connectivity index (χ0v) is 16.7. The van der Waals surface area contributed by atoms with E-state index in [2.05, 4.69) is 40.1 Å². The molecular weight excluding hydrogens is 351 g/mol. The van der Waals surface area contributed by atoms with Crippen LogP contribution in [0, 0.1) is 17.8 Å². The van der Waals surface area contributed by atoms with Gasteiger partial charge in [0, 0.05) is 38.3 Å². The molecule has 140 valence electrons. The van der Waals surface area contributed by atoms with E-state index in [0.717, 1.165) is 24.3 Å². The van der Waals surface area contributed by atoms with Gasteiger partial charge in [0.05, 0.1) is 0 Å². The van der Waals surface area contributed by atoms with E-state index in [-0.39, 0.29) is 24.8 Å². The Bertz CT molecular complexity index is 519. The molecule has 0 amide bonds. The maximum Gasteiger partial charge on any atom is 0.0234 e. The molecule has 5 aliphatic rings. The Morgan fingerprint density at radius 1 is 0.760 bits per heavy atom. The first-order chi connectivity index (χ1) is 11.3. The van der Waals surface area contributed by atoms with Gasteiger partial charge in [-0.15, -0.1) is 24.8 Å². The molecule has 4 bridgehead atoms. The highest BCUT2D eigenvalue weighted by Crippen LogP contribution is 2.57. The maximum absolute atomic E-state index is 2.93. The summed E-state index contributed by atoms with van der Waals surface area (Å²) in [4.78, 5) is 5.59. The third-order valence-electron chi connectivity index (χ3n) is 7.30. The van der Waals surface area contributed by atoms with Crippen molar-refractivity contribution < 1.29 is 0 Å². The average Bonchev–Trinajstić information content (AvgIpc) is 2.55. The minimum atomic E-state index is 0. The van der Waals surface area contributed by atoms with Gasteiger partial charge in [-0.1, -0.05) is 30.3 Å². The molecule has 25 heavy (non-hydrogen) atoms. The number of piperazine rings is 1. The van der Waals surface area contributed by atoms with Gasteiger partial charge in [-0.05, 0) is 61.8 Å². The van der Waals surface area contributed by atoms with E-state index >= 15 is 0 Å². The number of hydrogen-bond donors (Lipinski definition) is 0. The molecule has 1 aromatic carbocycles. The highest BCUT2D eigenvalue weighted by Gasteiger charge is 2.53. The normalized spacial score (nSPS) is 37.4. The highest BCUT2D eigenvalue weighted by molar-refractivity contribution is 5.85. The van der Waals surface area contributed by atoms with E-state index in [1.165, 1.54) is 51.0 Å². The van der Waals surface area contributed by atoms with Crippen LogP contribution in [0.3, 0.4) is 0 Å². The number of hydrogen-bond acceptors (Lipinski definition) is 2. The molecule has 0 spiro atoms. The van der Waals surface area contributed by atoms with E-state index < -0.39 is 0 Å². The zero-order valence-electron chi connectivity index (χ0n) is 15.1. The van der Waals surface area contributed by atoms with Crippen LogP contribution >= 0.6 is 24.8 Å². The molecule has 4 saturated carbocycles. The van der Waals surface area contributed by atoms with Crippen molar-refractivity contribution in [3.63, 3.8) is 0 Å². The zero-order chi connectivity index (χ0) is 15.3. The molecule has 0 N–H and O–H groups in total. The summed E-state index contributed by atoms with van der Waals surface area (Å²) in [5.74, 6) is 3.22. The third-order valence-corrected chi connectivity index (χ3v) is 7.30. The second kappa shape index (κ2) is 7.76. The third kappa shape index (κ3) is 3.74. The van der Waals surface area contributed by atoms with Crippen molar-refractivity contribution in [2.45, 2.75) is 50.6 Å². The van der Waals surface area contributed by atoms with Crippen molar-refractivity contribution >= 4 is 24.8 Å². The van der Waals surface area contributed by atoms with Gasteiger partial charge in [-0.25, -0.2) is 0 Å². The minimum Gasteiger partial charge on any atom is -0.297 e. The van der Waals surface area contributed by atoms with Crippen LogP contribution in [0.2, 0.25) is 0 Å². The first-order valence-corrected chi connectivity index (χ1v) is 9.80. The second-order valence-electron chi connectivity index (χ2n) is 8.89. The van der Waals surface area contributed by atoms with Gasteiger partial charge in [0.1, 0.15) is 0 Å². The molecule has 0 radical (unpaired) electrons. The van der Waals surface area contributed by atoms with Crippen LogP contribution < -0.4 is 0 Å². The second-order valence-corrected chi connectivity index (χ2v) is 8.89. The molecule has 0 aromatic heterocycles. The van der Waals surface area contributed by atoms with E-state index in [4.69, 9.17) is 0 Å². The predicted octanol–water partition coefficient (Wildman–Crippen LogP) is 4.62. The van der Waals surface area contributed by atoms with Crippen molar-refractivity contribution in [3.8, 4) is 0 Å². The Balaban J connectivity index is 0.000000911. The molecule has 0 atom stereocenters. The Labute approximate surface area is 165 Å². The molecule has 5 fully saturated rings. The summed E-state index contributed by atoms with van der Waals surface area (Å²) in [6.07, 6.45) is 9.26. The van der Waals surface area contributed by atoms with Crippen molar-refractivity contribution in [3.05, 3.63) is 35.9 Å². The Morgan fingerprint density at radius 2 is 1.28 bits per heavy atom. The quantitative estimate of drug-likeness (QED) is 0.752. The van der Waals surface area contributed by atoms with Crippen molar-refractivity contribution in [1.82, 2.24) is 9.80 Å². The molecule has 1 heterocycles. The summed E-state index contributed by atoms with van der Waals surface area (Å²) >= 11 is 0. The first-order valence-electron chi connectivity index (χ1n) is 9.80. The number of halogens is 2. The highest BCUT2D eigenvalue weighted by atomic mass is 35.5. The topological polar surface area (TPSA) is 6.48 Å². The first kappa shape index (κ1) is 19.5. The summed E-state index contributed by atoms with van der Waals surface area (Å²) in [5.41, 5.74) is 2.09. The van der Waals surface area contributed by atoms with Gasteiger partial charge in [-0.3, -0.25) is 9.80 Å². The lowest BCUT2D eigenvalue weighted by Crippen LogP contribution is -2.63. The van der Waals surface area contributed by atoms with Crippen LogP contribution in [0.5, 0.6) is 0 Å². The molecule has 1 aliphatic heterocycles. The van der Waals surface area contributed by atoms with Crippen molar-refractivity contribution in [2.24, 2.45) is 17.8 Å². The van der Waals surface area contributed by atoms with Crippen LogP contribution in [0.4, 0.5) is 0 Å². The largest absolute Gasteiger partial charge is 0.297 e. The minimum absolute atomic E-state index is 0. The summed E-state index contributed by atoms with van der Waals surface area (Å²) in [6, 6.07) is 11.0. The lowest BCUT2D eigenvalue weighted by Gasteiger charge is -2.61. The SMILES string of the molecule is Cl.Cl.c1ccc(CN2CCN(C34CC5CC(CC(C5)C3)C4)CC2)cc1. The van der Waals surface area contributed by atoms with E-state index in [1.54, 1.807) is 19.3 Å². The standard InChI is InChI=1S/C21H30N2.2ClH/c1-2-4-17(5-3-1)16-22-6-8-23(9-7-22)21-13-18-10-19(14-21)12-20(11-18)15-21;;/h1-5,18-20H,6-16H2;2*1H. The summed E-state index contributed by atoms with van der Waals surface area (Å²) in [5, 5.41) is 0. The molecule has 6 rings (SSSR count). The smallest absolute Gasteiger partial charge is 0.0234 e. The van der Waals surface area contributed by atoms with Crippen molar-refractivity contribution in [1.29, 1.82) is 0 Å². The summed E-state index contributed by atoms with van der Waals surface area (Å²) < 4.78 is 0. The summed E-state index contributed by atoms with van der Waals surface area (Å²) in [7, 11) is 0. The molecule has 1 aromatic rings. The molecular formula is C21H32Cl2N2. The lowest BCUT2D eigenvalue weighted by molar-refractivity contribution is -0.101. The predicted molar refractivity (Wildman–Crippen MR) is 109 cm³/mol. The van der Waals surface area contributed by atoms with Gasteiger partial charge in [-0.2, -0.15) is 0 Å². The molecule has 1 saturated heterocycles. The molecule has 0 unspecified atom stereocenters. The van der Waals surface area contributed by atoms with Gasteiger partial charge in [0.15, 0.2) is 0 Å². The fourth-order valence-corrected chi connectivity index (χ4v) is 6.67. The Hall–Kier alpha value is -0.280. The maximum atomic E-state index is 2.93. The van der Waals surface area contributed by atoms with Gasteiger partial charge in [0.2, 0.25) is 0 Å². The van der Waals surface area contributed by atoms with Gasteiger partial charge < -0.3 is 0 Å². The number of benzene rings is 1. The average molecular weight is 383 g/mol.